The summed E-state index contributed by atoms with van der Waals surface area (Å²) in [5, 5.41) is 20.5. The predicted octanol–water partition coefficient (Wildman–Crippen LogP) is 4.86. The van der Waals surface area contributed by atoms with Gasteiger partial charge in [-0.15, -0.1) is 0 Å². The van der Waals surface area contributed by atoms with Gasteiger partial charge in [-0.3, -0.25) is 14.7 Å². The molecule has 5 rings (SSSR count). The van der Waals surface area contributed by atoms with Gasteiger partial charge in [-0.1, -0.05) is 17.7 Å². The fourth-order valence-electron chi connectivity index (χ4n) is 5.10. The van der Waals surface area contributed by atoms with Crippen molar-refractivity contribution in [2.24, 2.45) is 11.8 Å². The van der Waals surface area contributed by atoms with Gasteiger partial charge >= 0.3 is 12.1 Å². The number of hydrogen-bond donors (Lipinski definition) is 2. The number of fused-ring (bicyclic) bond motifs is 1. The molecule has 0 spiro atoms. The number of anilines is 1. The number of H-pyrrole nitrogens is 1. The van der Waals surface area contributed by atoms with Crippen molar-refractivity contribution >= 4 is 46.3 Å². The minimum atomic E-state index is -1.04. The van der Waals surface area contributed by atoms with E-state index in [9.17, 15) is 19.6 Å². The number of hydrogen-bond acceptors (Lipinski definition) is 8. The summed E-state index contributed by atoms with van der Waals surface area (Å²) < 4.78 is 15.9. The zero-order valence-corrected chi connectivity index (χ0v) is 23.3. The predicted molar refractivity (Wildman–Crippen MR) is 150 cm³/mol. The average molecular weight is 580 g/mol. The minimum absolute atomic E-state index is 0.162. The number of halogens is 1. The van der Waals surface area contributed by atoms with Crippen LogP contribution in [0, 0.1) is 23.2 Å². The van der Waals surface area contributed by atoms with Crippen LogP contribution in [0.15, 0.2) is 36.4 Å². The van der Waals surface area contributed by atoms with E-state index in [1.165, 1.54) is 11.8 Å². The monoisotopic (exact) mass is 579 g/mol. The van der Waals surface area contributed by atoms with Crippen LogP contribution in [0.2, 0.25) is 5.02 Å². The third-order valence-corrected chi connectivity index (χ3v) is 7.69. The summed E-state index contributed by atoms with van der Waals surface area (Å²) in [5.74, 6) is -1.06. The van der Waals surface area contributed by atoms with Crippen molar-refractivity contribution in [1.82, 2.24) is 15.1 Å². The smallest absolute Gasteiger partial charge is 0.412 e. The molecule has 2 N–H and O–H groups in total. The number of nitriles is 1. The number of nitrogens with zero attached hydrogens (tertiary/aromatic N) is 3. The zero-order valence-electron chi connectivity index (χ0n) is 22.5. The van der Waals surface area contributed by atoms with Crippen LogP contribution in [0.5, 0.6) is 0 Å². The van der Waals surface area contributed by atoms with Crippen molar-refractivity contribution in [2.45, 2.75) is 38.9 Å². The largest absolute Gasteiger partial charge is 0.425 e. The summed E-state index contributed by atoms with van der Waals surface area (Å²) in [6.45, 7) is 3.11. The number of esters is 1. The van der Waals surface area contributed by atoms with E-state index in [1.54, 1.807) is 18.2 Å². The number of piperidine rings is 1. The lowest BCUT2D eigenvalue weighted by atomic mass is 9.97. The first-order valence-corrected chi connectivity index (χ1v) is 13.9. The number of likely N-dealkylation sites (tertiary alicyclic amines) is 1. The molecule has 2 aromatic carbocycles. The summed E-state index contributed by atoms with van der Waals surface area (Å²) in [4.78, 5) is 39.8. The summed E-state index contributed by atoms with van der Waals surface area (Å²) in [5.41, 5.74) is 2.67. The number of ether oxygens (including phenoxy) is 3. The van der Waals surface area contributed by atoms with Crippen LogP contribution in [0.3, 0.4) is 0 Å². The minimum Gasteiger partial charge on any atom is -0.425 e. The number of aromatic amines is 1. The lowest BCUT2D eigenvalue weighted by Crippen LogP contribution is -2.45. The van der Waals surface area contributed by atoms with E-state index in [2.05, 4.69) is 21.6 Å². The van der Waals surface area contributed by atoms with Crippen LogP contribution < -0.4 is 5.32 Å². The molecule has 41 heavy (non-hydrogen) atoms. The summed E-state index contributed by atoms with van der Waals surface area (Å²) >= 11 is 6.40. The molecule has 2 aliphatic rings. The van der Waals surface area contributed by atoms with E-state index in [1.807, 2.05) is 18.2 Å². The van der Waals surface area contributed by atoms with Crippen molar-refractivity contribution in [1.29, 1.82) is 5.26 Å². The van der Waals surface area contributed by atoms with E-state index in [0.29, 0.717) is 72.8 Å². The molecule has 11 nitrogen and oxygen atoms in total. The van der Waals surface area contributed by atoms with Gasteiger partial charge in [0.2, 0.25) is 12.2 Å². The first-order valence-electron chi connectivity index (χ1n) is 13.5. The highest BCUT2D eigenvalue weighted by Gasteiger charge is 2.32. The highest BCUT2D eigenvalue weighted by molar-refractivity contribution is 6.33. The SMILES string of the molecule is CC(OC(=O)C1CCOCC1)OC(=O)N1CCC[C@@H](C(=O)Nc2n[nH]c3ccc(-c4cc(C#N)ccc4Cl)cc23)C1. The van der Waals surface area contributed by atoms with Crippen molar-refractivity contribution in [3.63, 3.8) is 0 Å². The van der Waals surface area contributed by atoms with Gasteiger partial charge in [0.25, 0.3) is 0 Å². The Balaban J connectivity index is 1.21. The number of rotatable bonds is 6. The van der Waals surface area contributed by atoms with Crippen LogP contribution in [-0.2, 0) is 23.8 Å². The van der Waals surface area contributed by atoms with Gasteiger partial charge in [0.05, 0.1) is 29.0 Å². The highest BCUT2D eigenvalue weighted by Crippen LogP contribution is 2.33. The number of carbonyl (C=O) groups is 3. The molecule has 1 aromatic heterocycles. The Morgan fingerprint density at radius 3 is 2.73 bits per heavy atom. The second-order valence-corrected chi connectivity index (χ2v) is 10.6. The van der Waals surface area contributed by atoms with Crippen LogP contribution in [0.25, 0.3) is 22.0 Å². The molecule has 3 heterocycles. The molecule has 2 aliphatic heterocycles. The van der Waals surface area contributed by atoms with Gasteiger partial charge in [0.15, 0.2) is 5.82 Å². The quantitative estimate of drug-likeness (QED) is 0.311. The zero-order chi connectivity index (χ0) is 28.9. The van der Waals surface area contributed by atoms with Crippen molar-refractivity contribution in [3.05, 3.63) is 47.0 Å². The van der Waals surface area contributed by atoms with Gasteiger partial charge in [0.1, 0.15) is 0 Å². The van der Waals surface area contributed by atoms with E-state index in [0.717, 1.165) is 11.1 Å². The lowest BCUT2D eigenvalue weighted by Gasteiger charge is -2.32. The summed E-state index contributed by atoms with van der Waals surface area (Å²) in [7, 11) is 0. The van der Waals surface area contributed by atoms with Crippen LogP contribution in [-0.4, -0.2) is 65.7 Å². The number of aromatic nitrogens is 2. The van der Waals surface area contributed by atoms with Crippen molar-refractivity contribution < 1.29 is 28.6 Å². The molecule has 214 valence electrons. The Hall–Kier alpha value is -4.14. The third kappa shape index (κ3) is 6.61. The van der Waals surface area contributed by atoms with E-state index < -0.39 is 24.3 Å². The second kappa shape index (κ2) is 12.6. The lowest BCUT2D eigenvalue weighted by molar-refractivity contribution is -0.174. The molecule has 1 unspecified atom stereocenters. The highest BCUT2D eigenvalue weighted by atomic mass is 35.5. The molecule has 0 saturated carbocycles. The van der Waals surface area contributed by atoms with Gasteiger partial charge in [-0.25, -0.2) is 4.79 Å². The molecule has 2 fully saturated rings. The second-order valence-electron chi connectivity index (χ2n) is 10.2. The Kier molecular flexibility index (Phi) is 8.71. The van der Waals surface area contributed by atoms with E-state index >= 15 is 0 Å². The Bertz CT molecular complexity index is 1490. The number of benzene rings is 2. The molecule has 0 aliphatic carbocycles. The molecule has 0 bridgehead atoms. The molecular formula is C29H30ClN5O6. The maximum absolute atomic E-state index is 13.2. The van der Waals surface area contributed by atoms with Gasteiger partial charge < -0.3 is 24.4 Å². The van der Waals surface area contributed by atoms with E-state index in [4.69, 9.17) is 25.8 Å². The molecule has 2 saturated heterocycles. The maximum atomic E-state index is 13.2. The molecule has 3 aromatic rings. The Labute approximate surface area is 241 Å². The molecule has 12 heteroatoms. The fourth-order valence-corrected chi connectivity index (χ4v) is 5.33. The van der Waals surface area contributed by atoms with Crippen LogP contribution in [0.1, 0.15) is 38.2 Å². The molecular weight excluding hydrogens is 550 g/mol. The van der Waals surface area contributed by atoms with Gasteiger partial charge in [-0.2, -0.15) is 10.4 Å². The van der Waals surface area contributed by atoms with Crippen LogP contribution in [0.4, 0.5) is 10.6 Å². The Morgan fingerprint density at radius 2 is 1.95 bits per heavy atom. The number of carbonyl (C=O) groups excluding carboxylic acids is 3. The van der Waals surface area contributed by atoms with Crippen LogP contribution >= 0.6 is 11.6 Å². The van der Waals surface area contributed by atoms with E-state index in [-0.39, 0.29) is 18.4 Å². The Morgan fingerprint density at radius 1 is 1.15 bits per heavy atom. The standard InChI is InChI=1S/C29H30ClN5O6/c1-17(40-28(37)19-8-11-39-12-9-19)41-29(38)35-10-2-3-21(16-35)27(36)32-26-23-14-20(5-7-25(23)33-34-26)22-13-18(15-31)4-6-24(22)30/h4-7,13-14,17,19,21H,2-3,8-12,16H2,1H3,(H2,32,33,34,36)/t17?,21-/m1/s1. The van der Waals surface area contributed by atoms with Gasteiger partial charge in [0, 0.05) is 49.2 Å². The average Bonchev–Trinajstić information content (AvgIpc) is 3.39. The van der Waals surface area contributed by atoms with Gasteiger partial charge in [-0.05, 0) is 61.6 Å². The topological polar surface area (TPSA) is 147 Å². The van der Waals surface area contributed by atoms with Crippen molar-refractivity contribution in [2.75, 3.05) is 31.6 Å². The number of nitrogens with one attached hydrogen (secondary N) is 2. The maximum Gasteiger partial charge on any atom is 0.412 e. The molecule has 0 radical (unpaired) electrons. The fraction of sp³-hybridized carbons (Fsp3) is 0.414. The number of amides is 2. The third-order valence-electron chi connectivity index (χ3n) is 7.36. The first-order chi connectivity index (χ1) is 19.8. The first kappa shape index (κ1) is 28.4. The summed E-state index contributed by atoms with van der Waals surface area (Å²) in [6, 6.07) is 12.7. The van der Waals surface area contributed by atoms with Crippen molar-refractivity contribution in [3.8, 4) is 17.2 Å². The summed E-state index contributed by atoms with van der Waals surface area (Å²) in [6.07, 6.45) is 0.686. The normalized spacial score (nSPS) is 18.4. The molecule has 2 amide bonds. The molecule has 2 atom stereocenters.